The highest BCUT2D eigenvalue weighted by molar-refractivity contribution is 5.78. The van der Waals surface area contributed by atoms with Gasteiger partial charge in [0.2, 0.25) is 5.91 Å². The molecule has 0 bridgehead atoms. The van der Waals surface area contributed by atoms with Crippen molar-refractivity contribution in [2.45, 2.75) is 58.7 Å². The van der Waals surface area contributed by atoms with E-state index < -0.39 is 0 Å². The highest BCUT2D eigenvalue weighted by atomic mass is 16.5. The molecule has 0 saturated heterocycles. The molecule has 0 aromatic heterocycles. The molecule has 1 rings (SSSR count). The van der Waals surface area contributed by atoms with E-state index in [0.29, 0.717) is 12.6 Å². The SMILES string of the molecule is CCC(C)NCC(=O)NC1CC(OC)C1(C)C. The Labute approximate surface area is 104 Å². The van der Waals surface area contributed by atoms with Crippen molar-refractivity contribution >= 4 is 5.91 Å². The van der Waals surface area contributed by atoms with E-state index in [2.05, 4.69) is 38.3 Å². The van der Waals surface area contributed by atoms with Gasteiger partial charge in [-0.05, 0) is 19.8 Å². The van der Waals surface area contributed by atoms with Crippen molar-refractivity contribution in [2.75, 3.05) is 13.7 Å². The number of nitrogens with one attached hydrogen (secondary N) is 2. The molecule has 1 aliphatic rings. The Morgan fingerprint density at radius 1 is 1.53 bits per heavy atom. The summed E-state index contributed by atoms with van der Waals surface area (Å²) in [6, 6.07) is 0.626. The van der Waals surface area contributed by atoms with Crippen LogP contribution in [0.1, 0.15) is 40.5 Å². The number of carbonyl (C=O) groups excluding carboxylic acids is 1. The van der Waals surface area contributed by atoms with Crippen LogP contribution in [-0.4, -0.2) is 37.7 Å². The minimum Gasteiger partial charge on any atom is -0.381 e. The summed E-state index contributed by atoms with van der Waals surface area (Å²) in [5.41, 5.74) is 0.0424. The summed E-state index contributed by atoms with van der Waals surface area (Å²) < 4.78 is 5.36. The fourth-order valence-corrected chi connectivity index (χ4v) is 2.19. The first kappa shape index (κ1) is 14.5. The number of amides is 1. The molecule has 1 fully saturated rings. The van der Waals surface area contributed by atoms with Crippen molar-refractivity contribution in [3.63, 3.8) is 0 Å². The van der Waals surface area contributed by atoms with Crippen LogP contribution < -0.4 is 10.6 Å². The third-order valence-electron chi connectivity index (χ3n) is 4.02. The smallest absolute Gasteiger partial charge is 0.234 e. The Kier molecular flexibility index (Phi) is 4.95. The second-order valence-electron chi connectivity index (χ2n) is 5.59. The normalized spacial score (nSPS) is 28.3. The van der Waals surface area contributed by atoms with E-state index in [4.69, 9.17) is 4.74 Å². The lowest BCUT2D eigenvalue weighted by molar-refractivity contribution is -0.132. The predicted octanol–water partition coefficient (Wildman–Crippen LogP) is 1.30. The molecule has 1 saturated carbocycles. The lowest BCUT2D eigenvalue weighted by Crippen LogP contribution is -2.62. The second-order valence-corrected chi connectivity index (χ2v) is 5.59. The van der Waals surface area contributed by atoms with Crippen molar-refractivity contribution in [3.05, 3.63) is 0 Å². The van der Waals surface area contributed by atoms with Gasteiger partial charge in [0.05, 0.1) is 12.6 Å². The average molecular weight is 242 g/mol. The van der Waals surface area contributed by atoms with Gasteiger partial charge < -0.3 is 15.4 Å². The number of rotatable bonds is 6. The molecule has 0 aromatic rings. The second kappa shape index (κ2) is 5.83. The largest absolute Gasteiger partial charge is 0.381 e. The zero-order valence-corrected chi connectivity index (χ0v) is 11.7. The van der Waals surface area contributed by atoms with Crippen molar-refractivity contribution in [1.29, 1.82) is 0 Å². The molecule has 1 aliphatic carbocycles. The van der Waals surface area contributed by atoms with Crippen LogP contribution in [0.3, 0.4) is 0 Å². The maximum absolute atomic E-state index is 11.7. The summed E-state index contributed by atoms with van der Waals surface area (Å²) in [6.45, 7) is 8.87. The van der Waals surface area contributed by atoms with Crippen LogP contribution in [0.5, 0.6) is 0 Å². The van der Waals surface area contributed by atoms with Crippen LogP contribution in [0.25, 0.3) is 0 Å². The Balaban J connectivity index is 2.29. The number of hydrogen-bond acceptors (Lipinski definition) is 3. The Bertz CT molecular complexity index is 266. The van der Waals surface area contributed by atoms with Crippen LogP contribution in [0.4, 0.5) is 0 Å². The molecule has 0 heterocycles. The zero-order chi connectivity index (χ0) is 13.1. The van der Waals surface area contributed by atoms with Crippen molar-refractivity contribution in [2.24, 2.45) is 5.41 Å². The highest BCUT2D eigenvalue weighted by Gasteiger charge is 2.49. The van der Waals surface area contributed by atoms with Gasteiger partial charge in [-0.1, -0.05) is 20.8 Å². The van der Waals surface area contributed by atoms with Crippen LogP contribution in [0.2, 0.25) is 0 Å². The maximum Gasteiger partial charge on any atom is 0.234 e. The molecule has 0 aromatic carbocycles. The van der Waals surface area contributed by atoms with E-state index in [1.54, 1.807) is 7.11 Å². The fraction of sp³-hybridized carbons (Fsp3) is 0.923. The predicted molar refractivity (Wildman–Crippen MR) is 68.9 cm³/mol. The first-order chi connectivity index (χ1) is 7.91. The molecule has 17 heavy (non-hydrogen) atoms. The van der Waals surface area contributed by atoms with E-state index in [1.807, 2.05) is 0 Å². The Morgan fingerprint density at radius 2 is 2.18 bits per heavy atom. The first-order valence-electron chi connectivity index (χ1n) is 6.47. The third kappa shape index (κ3) is 3.42. The van der Waals surface area contributed by atoms with Gasteiger partial charge in [0.1, 0.15) is 0 Å². The molecule has 2 N–H and O–H groups in total. The van der Waals surface area contributed by atoms with Gasteiger partial charge in [-0.2, -0.15) is 0 Å². The van der Waals surface area contributed by atoms with Gasteiger partial charge in [-0.25, -0.2) is 0 Å². The van der Waals surface area contributed by atoms with E-state index >= 15 is 0 Å². The van der Waals surface area contributed by atoms with Gasteiger partial charge in [0, 0.05) is 24.6 Å². The summed E-state index contributed by atoms with van der Waals surface area (Å²) in [5.74, 6) is 0.0814. The zero-order valence-electron chi connectivity index (χ0n) is 11.7. The van der Waals surface area contributed by atoms with Crippen LogP contribution >= 0.6 is 0 Å². The quantitative estimate of drug-likeness (QED) is 0.738. The number of methoxy groups -OCH3 is 1. The maximum atomic E-state index is 11.7. The minimum absolute atomic E-state index is 0.0424. The Hall–Kier alpha value is -0.610. The number of hydrogen-bond donors (Lipinski definition) is 2. The lowest BCUT2D eigenvalue weighted by atomic mass is 9.64. The van der Waals surface area contributed by atoms with Gasteiger partial charge in [0.15, 0.2) is 0 Å². The number of carbonyl (C=O) groups is 1. The molecule has 4 heteroatoms. The summed E-state index contributed by atoms with van der Waals surface area (Å²) in [6.07, 6.45) is 2.21. The third-order valence-corrected chi connectivity index (χ3v) is 4.02. The average Bonchev–Trinajstić information content (AvgIpc) is 2.30. The standard InChI is InChI=1S/C13H26N2O2/c1-6-9(2)14-8-12(16)15-10-7-11(17-5)13(10,3)4/h9-11,14H,6-8H2,1-5H3,(H,15,16). The minimum atomic E-state index is 0.0424. The van der Waals surface area contributed by atoms with Crippen molar-refractivity contribution in [1.82, 2.24) is 10.6 Å². The molecule has 0 aliphatic heterocycles. The summed E-state index contributed by atoms with van der Waals surface area (Å²) in [7, 11) is 1.73. The van der Waals surface area contributed by atoms with Crippen LogP contribution in [0, 0.1) is 5.41 Å². The molecular weight excluding hydrogens is 216 g/mol. The Morgan fingerprint density at radius 3 is 2.65 bits per heavy atom. The van der Waals surface area contributed by atoms with Gasteiger partial charge in [-0.3, -0.25) is 4.79 Å². The van der Waals surface area contributed by atoms with E-state index in [0.717, 1.165) is 12.8 Å². The summed E-state index contributed by atoms with van der Waals surface area (Å²) in [5, 5.41) is 6.26. The summed E-state index contributed by atoms with van der Waals surface area (Å²) >= 11 is 0. The monoisotopic (exact) mass is 242 g/mol. The molecule has 4 nitrogen and oxygen atoms in total. The fourth-order valence-electron chi connectivity index (χ4n) is 2.19. The summed E-state index contributed by atoms with van der Waals surface area (Å²) in [4.78, 5) is 11.7. The van der Waals surface area contributed by atoms with Crippen molar-refractivity contribution < 1.29 is 9.53 Å². The molecule has 1 amide bonds. The van der Waals surface area contributed by atoms with Gasteiger partial charge in [0.25, 0.3) is 0 Å². The van der Waals surface area contributed by atoms with Crippen LogP contribution in [0.15, 0.2) is 0 Å². The van der Waals surface area contributed by atoms with Crippen molar-refractivity contribution in [3.8, 4) is 0 Å². The van der Waals surface area contributed by atoms with Crippen LogP contribution in [-0.2, 0) is 9.53 Å². The van der Waals surface area contributed by atoms with Gasteiger partial charge in [-0.15, -0.1) is 0 Å². The first-order valence-corrected chi connectivity index (χ1v) is 6.47. The molecule has 3 unspecified atom stereocenters. The molecular formula is C13H26N2O2. The molecule has 3 atom stereocenters. The van der Waals surface area contributed by atoms with E-state index in [1.165, 1.54) is 0 Å². The van der Waals surface area contributed by atoms with E-state index in [9.17, 15) is 4.79 Å². The molecule has 100 valence electrons. The van der Waals surface area contributed by atoms with E-state index in [-0.39, 0.29) is 23.5 Å². The highest BCUT2D eigenvalue weighted by Crippen LogP contribution is 2.42. The van der Waals surface area contributed by atoms with Gasteiger partial charge >= 0.3 is 0 Å². The number of ether oxygens (including phenoxy) is 1. The molecule has 0 radical (unpaired) electrons. The molecule has 0 spiro atoms. The topological polar surface area (TPSA) is 50.4 Å². The lowest BCUT2D eigenvalue weighted by Gasteiger charge is -2.51.